The summed E-state index contributed by atoms with van der Waals surface area (Å²) in [7, 11) is -4.53. The van der Waals surface area contributed by atoms with Gasteiger partial charge in [-0.2, -0.15) is 22.9 Å². The van der Waals surface area contributed by atoms with E-state index in [4.69, 9.17) is 14.2 Å². The maximum Gasteiger partial charge on any atom is 0.404 e. The number of carbonyl (C=O) groups excluding carboxylic acids is 1. The second-order valence-corrected chi connectivity index (χ2v) is 14.3. The third-order valence-corrected chi connectivity index (χ3v) is 10.4. The van der Waals surface area contributed by atoms with Crippen molar-refractivity contribution in [3.63, 3.8) is 0 Å². The van der Waals surface area contributed by atoms with Gasteiger partial charge in [-0.3, -0.25) is 9.78 Å². The molecular weight excluding hydrogens is 619 g/mol. The highest BCUT2D eigenvalue weighted by molar-refractivity contribution is 7.89. The van der Waals surface area contributed by atoms with E-state index in [9.17, 15) is 26.4 Å². The fourth-order valence-corrected chi connectivity index (χ4v) is 7.87. The molecule has 1 N–H and O–H groups in total. The summed E-state index contributed by atoms with van der Waals surface area (Å²) in [6.45, 7) is 4.56. The summed E-state index contributed by atoms with van der Waals surface area (Å²) in [5, 5.41) is 5.29. The standard InChI is InChI=1S/C29H32F3N5O5S2/c1-17(29(30,31)32)37-44(39,40)23-10-9-20(21-15-33-12-11-19(21)23)25-22(13-18-7-5-4-6-8-18)34-27(43-25)26-35-24(42-36-26)14-28(2,3)41-16-38/h9-12,15-18,37H,4-8,13-14H2,1-3H3/t17-/m0/s1. The van der Waals surface area contributed by atoms with Crippen LogP contribution in [0.15, 0.2) is 40.0 Å². The molecule has 1 aliphatic carbocycles. The highest BCUT2D eigenvalue weighted by atomic mass is 32.2. The normalized spacial score (nSPS) is 15.9. The van der Waals surface area contributed by atoms with Crippen molar-refractivity contribution in [1.29, 1.82) is 0 Å². The van der Waals surface area contributed by atoms with Gasteiger partial charge in [0.2, 0.25) is 21.7 Å². The number of hydrogen-bond donors (Lipinski definition) is 1. The number of carbonyl (C=O) groups is 1. The molecule has 0 spiro atoms. The van der Waals surface area contributed by atoms with Crippen molar-refractivity contribution in [3.05, 3.63) is 42.2 Å². The predicted molar refractivity (Wildman–Crippen MR) is 157 cm³/mol. The SMILES string of the molecule is C[C@H](NS(=O)(=O)c1ccc(-c2sc(-c3noc(CC(C)(C)OC=O)n3)nc2CC2CCCCC2)c2cnccc12)C(F)(F)F. The van der Waals surface area contributed by atoms with Crippen molar-refractivity contribution in [2.24, 2.45) is 5.92 Å². The highest BCUT2D eigenvalue weighted by Gasteiger charge is 2.39. The van der Waals surface area contributed by atoms with Crippen LogP contribution in [0.4, 0.5) is 13.2 Å². The zero-order valence-corrected chi connectivity index (χ0v) is 26.0. The molecule has 3 aromatic heterocycles. The van der Waals surface area contributed by atoms with Crippen molar-refractivity contribution < 1.29 is 35.6 Å². The molecule has 1 fully saturated rings. The summed E-state index contributed by atoms with van der Waals surface area (Å²) < 4.78 is 78.1. The summed E-state index contributed by atoms with van der Waals surface area (Å²) >= 11 is 1.31. The maximum atomic E-state index is 13.2. The summed E-state index contributed by atoms with van der Waals surface area (Å²) in [6, 6.07) is 2.10. The van der Waals surface area contributed by atoms with E-state index < -0.39 is 27.8 Å². The number of rotatable bonds is 11. The van der Waals surface area contributed by atoms with Crippen LogP contribution < -0.4 is 4.72 Å². The van der Waals surface area contributed by atoms with Crippen LogP contribution >= 0.6 is 11.3 Å². The molecule has 1 aliphatic rings. The molecule has 0 amide bonds. The Hall–Kier alpha value is -3.43. The van der Waals surface area contributed by atoms with Crippen LogP contribution in [0.25, 0.3) is 32.0 Å². The van der Waals surface area contributed by atoms with Crippen molar-refractivity contribution in [3.8, 4) is 21.3 Å². The second kappa shape index (κ2) is 12.5. The molecule has 3 heterocycles. The number of thiazole rings is 1. The fourth-order valence-electron chi connectivity index (χ4n) is 5.37. The van der Waals surface area contributed by atoms with Gasteiger partial charge in [0.25, 0.3) is 6.47 Å². The van der Waals surface area contributed by atoms with E-state index in [1.165, 1.54) is 42.3 Å². The summed E-state index contributed by atoms with van der Waals surface area (Å²) in [6.07, 6.45) is 4.61. The molecule has 0 aliphatic heterocycles. The number of benzene rings is 1. The molecule has 1 saturated carbocycles. The molecule has 0 saturated heterocycles. The number of nitrogens with zero attached hydrogens (tertiary/aromatic N) is 4. The Morgan fingerprint density at radius 3 is 2.59 bits per heavy atom. The third kappa shape index (κ3) is 7.10. The Balaban J connectivity index is 1.58. The Bertz CT molecular complexity index is 1750. The van der Waals surface area contributed by atoms with E-state index in [0.29, 0.717) is 34.8 Å². The Morgan fingerprint density at radius 2 is 1.89 bits per heavy atom. The molecule has 15 heteroatoms. The van der Waals surface area contributed by atoms with Gasteiger partial charge in [0, 0.05) is 28.7 Å². The van der Waals surface area contributed by atoms with Crippen molar-refractivity contribution in [1.82, 2.24) is 24.8 Å². The first-order valence-corrected chi connectivity index (χ1v) is 16.5. The number of sulfonamides is 1. The molecule has 0 radical (unpaired) electrons. The highest BCUT2D eigenvalue weighted by Crippen LogP contribution is 2.42. The van der Waals surface area contributed by atoms with Gasteiger partial charge in [-0.05, 0) is 45.2 Å². The van der Waals surface area contributed by atoms with Crippen molar-refractivity contribution >= 4 is 38.6 Å². The summed E-state index contributed by atoms with van der Waals surface area (Å²) in [5.74, 6) is 0.939. The number of pyridine rings is 1. The first kappa shape index (κ1) is 32.0. The van der Waals surface area contributed by atoms with E-state index in [-0.39, 0.29) is 28.4 Å². The molecule has 1 aromatic carbocycles. The van der Waals surface area contributed by atoms with Gasteiger partial charge in [0.05, 0.1) is 21.9 Å². The lowest BCUT2D eigenvalue weighted by Crippen LogP contribution is -2.43. The molecule has 5 rings (SSSR count). The van der Waals surface area contributed by atoms with E-state index in [1.54, 1.807) is 24.6 Å². The minimum absolute atomic E-state index is 0.194. The lowest BCUT2D eigenvalue weighted by Gasteiger charge is -2.21. The van der Waals surface area contributed by atoms with Gasteiger partial charge >= 0.3 is 6.18 Å². The van der Waals surface area contributed by atoms with Crippen molar-refractivity contribution in [2.45, 2.75) is 88.4 Å². The molecular formula is C29H32F3N5O5S2. The van der Waals surface area contributed by atoms with Crippen LogP contribution in [0, 0.1) is 5.92 Å². The molecule has 1 atom stereocenters. The monoisotopic (exact) mass is 651 g/mol. The van der Waals surface area contributed by atoms with Gasteiger partial charge in [-0.15, -0.1) is 11.3 Å². The van der Waals surface area contributed by atoms with E-state index >= 15 is 0 Å². The average molecular weight is 652 g/mol. The fraction of sp³-hybridized carbons (Fsp3) is 0.483. The van der Waals surface area contributed by atoms with Gasteiger partial charge < -0.3 is 9.26 Å². The number of nitrogens with one attached hydrogen (secondary N) is 1. The second-order valence-electron chi connectivity index (χ2n) is 11.6. The number of hydrogen-bond acceptors (Lipinski definition) is 10. The lowest BCUT2D eigenvalue weighted by molar-refractivity contribution is -0.147. The molecule has 44 heavy (non-hydrogen) atoms. The number of alkyl halides is 3. The van der Waals surface area contributed by atoms with Gasteiger partial charge in [0.1, 0.15) is 11.6 Å². The number of aromatic nitrogens is 4. The summed E-state index contributed by atoms with van der Waals surface area (Å²) in [5.41, 5.74) is 0.583. The van der Waals surface area contributed by atoms with Crippen LogP contribution in [0.2, 0.25) is 0 Å². The topological polar surface area (TPSA) is 137 Å². The minimum Gasteiger partial charge on any atom is -0.461 e. The molecule has 10 nitrogen and oxygen atoms in total. The van der Waals surface area contributed by atoms with Crippen LogP contribution in [0.3, 0.4) is 0 Å². The Labute approximate surface area is 256 Å². The zero-order valence-electron chi connectivity index (χ0n) is 24.3. The smallest absolute Gasteiger partial charge is 0.404 e. The quantitative estimate of drug-likeness (QED) is 0.187. The first-order chi connectivity index (χ1) is 20.8. The number of fused-ring (bicyclic) bond motifs is 1. The minimum atomic E-state index is -4.75. The zero-order chi connectivity index (χ0) is 31.7. The molecule has 236 valence electrons. The third-order valence-electron chi connectivity index (χ3n) is 7.64. The number of ether oxygens (including phenoxy) is 1. The first-order valence-electron chi connectivity index (χ1n) is 14.2. The molecule has 0 unspecified atom stereocenters. The summed E-state index contributed by atoms with van der Waals surface area (Å²) in [4.78, 5) is 24.9. The molecule has 4 aromatic rings. The van der Waals surface area contributed by atoms with Crippen LogP contribution in [0.1, 0.15) is 64.5 Å². The van der Waals surface area contributed by atoms with E-state index in [0.717, 1.165) is 43.2 Å². The Kier molecular flexibility index (Phi) is 9.10. The predicted octanol–water partition coefficient (Wildman–Crippen LogP) is 6.25. The van der Waals surface area contributed by atoms with Gasteiger partial charge in [-0.25, -0.2) is 13.4 Å². The van der Waals surface area contributed by atoms with Crippen molar-refractivity contribution in [2.75, 3.05) is 0 Å². The Morgan fingerprint density at radius 1 is 1.14 bits per heavy atom. The molecule has 0 bridgehead atoms. The maximum absolute atomic E-state index is 13.2. The van der Waals surface area contributed by atoms with E-state index in [2.05, 4.69) is 15.1 Å². The van der Waals surface area contributed by atoms with Gasteiger partial charge in [-0.1, -0.05) is 43.3 Å². The van der Waals surface area contributed by atoms with Crippen LogP contribution in [0.5, 0.6) is 0 Å². The largest absolute Gasteiger partial charge is 0.461 e. The average Bonchev–Trinajstić information content (AvgIpc) is 3.59. The van der Waals surface area contributed by atoms with E-state index in [1.807, 2.05) is 0 Å². The van der Waals surface area contributed by atoms with Crippen LogP contribution in [-0.4, -0.2) is 52.8 Å². The number of halogens is 3. The van der Waals surface area contributed by atoms with Gasteiger partial charge in [0.15, 0.2) is 5.01 Å². The lowest BCUT2D eigenvalue weighted by atomic mass is 9.85. The van der Waals surface area contributed by atoms with Crippen LogP contribution in [-0.2, 0) is 32.4 Å².